The molecule has 1 aromatic heterocycles. The standard InChI is InChI=1S/C15H10O5.Mg.2H/c16-10-6-5-8(7-11(10)17)15-14(19)13(18)9-3-1-2-4-12(9)20-15;;;/h1-7,16-17,19H;;;. The number of aromatic hydroxyl groups is 3. The van der Waals surface area contributed by atoms with Crippen LogP contribution in [0.1, 0.15) is 0 Å². The zero-order valence-corrected chi connectivity index (χ0v) is 10.2. The van der Waals surface area contributed by atoms with E-state index in [0.29, 0.717) is 11.1 Å². The predicted molar refractivity (Wildman–Crippen MR) is 81.5 cm³/mol. The molecule has 21 heavy (non-hydrogen) atoms. The first kappa shape index (κ1) is 15.2. The summed E-state index contributed by atoms with van der Waals surface area (Å²) >= 11 is 0. The van der Waals surface area contributed by atoms with Gasteiger partial charge < -0.3 is 19.7 Å². The van der Waals surface area contributed by atoms with Crippen molar-refractivity contribution in [3.05, 3.63) is 52.7 Å². The highest BCUT2D eigenvalue weighted by molar-refractivity contribution is 5.82. The Hall–Kier alpha value is -2.18. The Balaban J connectivity index is 0.00000161. The second-order valence-electron chi connectivity index (χ2n) is 4.31. The molecule has 0 bridgehead atoms. The van der Waals surface area contributed by atoms with Crippen LogP contribution in [0.2, 0.25) is 0 Å². The zero-order valence-electron chi connectivity index (χ0n) is 10.2. The summed E-state index contributed by atoms with van der Waals surface area (Å²) in [5.74, 6) is -1.24. The number of rotatable bonds is 1. The van der Waals surface area contributed by atoms with Crippen LogP contribution in [0.15, 0.2) is 51.7 Å². The third kappa shape index (κ3) is 2.55. The monoisotopic (exact) mass is 296 g/mol. The molecule has 0 radical (unpaired) electrons. The second-order valence-corrected chi connectivity index (χ2v) is 4.31. The number of hydrogen-bond donors (Lipinski definition) is 3. The van der Waals surface area contributed by atoms with Gasteiger partial charge in [-0.2, -0.15) is 0 Å². The lowest BCUT2D eigenvalue weighted by atomic mass is 10.1. The van der Waals surface area contributed by atoms with Gasteiger partial charge in [0.15, 0.2) is 17.3 Å². The van der Waals surface area contributed by atoms with Crippen molar-refractivity contribution in [1.29, 1.82) is 0 Å². The lowest BCUT2D eigenvalue weighted by molar-refractivity contribution is 0.403. The van der Waals surface area contributed by atoms with Crippen LogP contribution in [0.4, 0.5) is 0 Å². The summed E-state index contributed by atoms with van der Waals surface area (Å²) in [4.78, 5) is 12.1. The van der Waals surface area contributed by atoms with Crippen LogP contribution in [0, 0.1) is 0 Å². The summed E-state index contributed by atoms with van der Waals surface area (Å²) in [5, 5.41) is 29.0. The first-order valence-electron chi connectivity index (χ1n) is 5.85. The van der Waals surface area contributed by atoms with Crippen molar-refractivity contribution in [2.45, 2.75) is 0 Å². The Kier molecular flexibility index (Phi) is 4.10. The molecular formula is C15H12MgO5. The van der Waals surface area contributed by atoms with Crippen LogP contribution >= 0.6 is 0 Å². The van der Waals surface area contributed by atoms with Crippen LogP contribution in [0.25, 0.3) is 22.3 Å². The van der Waals surface area contributed by atoms with E-state index in [4.69, 9.17) is 4.42 Å². The molecule has 0 aliphatic carbocycles. The molecule has 3 rings (SSSR count). The first-order valence-corrected chi connectivity index (χ1v) is 5.85. The maximum atomic E-state index is 12.1. The largest absolute Gasteiger partial charge is 0.504 e. The minimum absolute atomic E-state index is 0. The van der Waals surface area contributed by atoms with Crippen molar-refractivity contribution in [2.24, 2.45) is 0 Å². The zero-order chi connectivity index (χ0) is 14.3. The summed E-state index contributed by atoms with van der Waals surface area (Å²) in [5.41, 5.74) is 0.0768. The van der Waals surface area contributed by atoms with E-state index in [1.54, 1.807) is 24.3 Å². The minimum atomic E-state index is -0.547. The summed E-state index contributed by atoms with van der Waals surface area (Å²) in [6.07, 6.45) is 0. The number of hydrogen-bond acceptors (Lipinski definition) is 5. The van der Waals surface area contributed by atoms with Gasteiger partial charge in [0.2, 0.25) is 11.2 Å². The van der Waals surface area contributed by atoms with Gasteiger partial charge in [0, 0.05) is 5.56 Å². The molecule has 3 aromatic rings. The van der Waals surface area contributed by atoms with Gasteiger partial charge in [0.1, 0.15) is 5.58 Å². The number of fused-ring (bicyclic) bond motifs is 1. The molecule has 0 saturated carbocycles. The predicted octanol–water partition coefficient (Wildman–Crippen LogP) is 1.66. The molecule has 104 valence electrons. The van der Waals surface area contributed by atoms with E-state index in [9.17, 15) is 20.1 Å². The topological polar surface area (TPSA) is 90.9 Å². The van der Waals surface area contributed by atoms with Gasteiger partial charge in [0.25, 0.3) is 0 Å². The number of benzene rings is 2. The third-order valence-corrected chi connectivity index (χ3v) is 3.01. The van der Waals surface area contributed by atoms with Crippen LogP contribution in [-0.2, 0) is 0 Å². The van der Waals surface area contributed by atoms with E-state index < -0.39 is 11.2 Å². The average molecular weight is 297 g/mol. The van der Waals surface area contributed by atoms with Gasteiger partial charge in [-0.15, -0.1) is 0 Å². The van der Waals surface area contributed by atoms with E-state index >= 15 is 0 Å². The summed E-state index contributed by atoms with van der Waals surface area (Å²) in [6, 6.07) is 10.4. The lowest BCUT2D eigenvalue weighted by Crippen LogP contribution is -2.02. The highest BCUT2D eigenvalue weighted by Gasteiger charge is 2.16. The molecule has 0 amide bonds. The van der Waals surface area contributed by atoms with Crippen molar-refractivity contribution in [1.82, 2.24) is 0 Å². The van der Waals surface area contributed by atoms with Gasteiger partial charge in [-0.3, -0.25) is 4.79 Å². The molecule has 5 nitrogen and oxygen atoms in total. The summed E-state index contributed by atoms with van der Waals surface area (Å²) in [7, 11) is 0. The van der Waals surface area contributed by atoms with Crippen LogP contribution in [0.5, 0.6) is 17.2 Å². The van der Waals surface area contributed by atoms with Gasteiger partial charge in [0.05, 0.1) is 5.39 Å². The van der Waals surface area contributed by atoms with Crippen molar-refractivity contribution in [3.63, 3.8) is 0 Å². The molecule has 2 aromatic carbocycles. The first-order chi connectivity index (χ1) is 9.58. The van der Waals surface area contributed by atoms with E-state index in [2.05, 4.69) is 0 Å². The fraction of sp³-hybridized carbons (Fsp3) is 0. The minimum Gasteiger partial charge on any atom is -0.504 e. The number of para-hydroxylation sites is 1. The Labute approximate surface area is 135 Å². The summed E-state index contributed by atoms with van der Waals surface area (Å²) in [6.45, 7) is 0. The Morgan fingerprint density at radius 1 is 0.905 bits per heavy atom. The maximum Gasteiger partial charge on any atom is 0.316 e. The van der Waals surface area contributed by atoms with Crippen molar-refractivity contribution in [2.75, 3.05) is 0 Å². The van der Waals surface area contributed by atoms with Gasteiger partial charge >= 0.3 is 23.1 Å². The second kappa shape index (κ2) is 5.67. The van der Waals surface area contributed by atoms with Crippen LogP contribution in [-0.4, -0.2) is 38.4 Å². The van der Waals surface area contributed by atoms with Crippen LogP contribution < -0.4 is 5.43 Å². The van der Waals surface area contributed by atoms with Crippen molar-refractivity contribution < 1.29 is 19.7 Å². The normalized spacial score (nSPS) is 10.3. The molecule has 0 unspecified atom stereocenters. The molecule has 3 N–H and O–H groups in total. The summed E-state index contributed by atoms with van der Waals surface area (Å²) < 4.78 is 5.51. The van der Waals surface area contributed by atoms with Crippen molar-refractivity contribution in [3.8, 4) is 28.6 Å². The Bertz CT molecular complexity index is 870. The quantitative estimate of drug-likeness (QED) is 0.469. The molecule has 0 saturated heterocycles. The highest BCUT2D eigenvalue weighted by atomic mass is 24.3. The Morgan fingerprint density at radius 2 is 1.62 bits per heavy atom. The smallest absolute Gasteiger partial charge is 0.316 e. The fourth-order valence-corrected chi connectivity index (χ4v) is 1.99. The molecule has 1 heterocycles. The molecular weight excluding hydrogens is 284 g/mol. The van der Waals surface area contributed by atoms with E-state index in [1.807, 2.05) is 0 Å². The maximum absolute atomic E-state index is 12.1. The van der Waals surface area contributed by atoms with Crippen LogP contribution in [0.3, 0.4) is 0 Å². The van der Waals surface area contributed by atoms with E-state index in [1.165, 1.54) is 18.2 Å². The molecule has 0 fully saturated rings. The third-order valence-electron chi connectivity index (χ3n) is 3.01. The highest BCUT2D eigenvalue weighted by Crippen LogP contribution is 2.34. The van der Waals surface area contributed by atoms with Gasteiger partial charge in [-0.05, 0) is 30.3 Å². The van der Waals surface area contributed by atoms with Gasteiger partial charge in [-0.1, -0.05) is 12.1 Å². The molecule has 0 aliphatic heterocycles. The fourth-order valence-electron chi connectivity index (χ4n) is 1.99. The number of phenolic OH excluding ortho intramolecular Hbond substituents is 2. The SMILES string of the molecule is O=c1c(O)c(-c2ccc(O)c(O)c2)oc2ccccc12.[MgH2]. The van der Waals surface area contributed by atoms with Gasteiger partial charge in [-0.25, -0.2) is 0 Å². The van der Waals surface area contributed by atoms with E-state index in [0.717, 1.165) is 0 Å². The number of phenols is 2. The lowest BCUT2D eigenvalue weighted by Gasteiger charge is -2.06. The van der Waals surface area contributed by atoms with E-state index in [-0.39, 0.29) is 45.7 Å². The molecule has 0 atom stereocenters. The average Bonchev–Trinajstić information content (AvgIpc) is 2.46. The molecule has 0 spiro atoms. The Morgan fingerprint density at radius 3 is 2.33 bits per heavy atom. The molecule has 0 aliphatic rings. The van der Waals surface area contributed by atoms with Crippen molar-refractivity contribution >= 4 is 34.0 Å². The molecule has 6 heteroatoms.